The lowest BCUT2D eigenvalue weighted by Crippen LogP contribution is -2.62. The summed E-state index contributed by atoms with van der Waals surface area (Å²) in [7, 11) is 1.71. The summed E-state index contributed by atoms with van der Waals surface area (Å²) in [4.78, 5) is 18.3. The van der Waals surface area contributed by atoms with Crippen molar-refractivity contribution in [1.82, 2.24) is 9.80 Å². The van der Waals surface area contributed by atoms with Gasteiger partial charge >= 0.3 is 0 Å². The molecule has 1 aromatic carbocycles. The topological polar surface area (TPSA) is 42.0 Å². The SMILES string of the molecule is COc1cccc(CN(C(=O)CN2CCOCC2)C23CC4CC(CC(C4)C2)C3)c1. The summed E-state index contributed by atoms with van der Waals surface area (Å²) in [5.41, 5.74) is 1.25. The molecule has 0 radical (unpaired) electrons. The standard InChI is InChI=1S/C24H34N2O3/c1-28-22-4-2-3-18(12-22)16-26(23(27)17-25-5-7-29-8-6-25)24-13-19-9-20(14-24)11-21(10-19)15-24/h2-4,12,19-21H,5-11,13-17H2,1H3. The number of hydrogen-bond donors (Lipinski definition) is 0. The highest BCUT2D eigenvalue weighted by Gasteiger charge is 2.54. The molecule has 5 nitrogen and oxygen atoms in total. The smallest absolute Gasteiger partial charge is 0.237 e. The van der Waals surface area contributed by atoms with Crippen molar-refractivity contribution >= 4 is 5.91 Å². The molecule has 0 atom stereocenters. The highest BCUT2D eigenvalue weighted by atomic mass is 16.5. The van der Waals surface area contributed by atoms with E-state index in [1.807, 2.05) is 12.1 Å². The molecule has 1 amide bonds. The zero-order valence-electron chi connectivity index (χ0n) is 17.6. The van der Waals surface area contributed by atoms with Crippen LogP contribution in [-0.4, -0.2) is 61.2 Å². The van der Waals surface area contributed by atoms with Crippen molar-refractivity contribution in [3.8, 4) is 5.75 Å². The molecule has 0 unspecified atom stereocenters. The van der Waals surface area contributed by atoms with Crippen LogP contribution in [0.15, 0.2) is 24.3 Å². The summed E-state index contributed by atoms with van der Waals surface area (Å²) in [5, 5.41) is 0. The third-order valence-corrected chi connectivity index (χ3v) is 7.82. The van der Waals surface area contributed by atoms with E-state index in [9.17, 15) is 4.79 Å². The van der Waals surface area contributed by atoms with Gasteiger partial charge in [-0.1, -0.05) is 12.1 Å². The summed E-state index contributed by atoms with van der Waals surface area (Å²) < 4.78 is 10.9. The minimum atomic E-state index is 0.0706. The molecule has 5 heteroatoms. The van der Waals surface area contributed by atoms with Gasteiger partial charge in [0.15, 0.2) is 0 Å². The van der Waals surface area contributed by atoms with E-state index in [0.717, 1.165) is 49.8 Å². The quantitative estimate of drug-likeness (QED) is 0.737. The largest absolute Gasteiger partial charge is 0.497 e. The van der Waals surface area contributed by atoms with Gasteiger partial charge in [0.25, 0.3) is 0 Å². The molecule has 1 saturated heterocycles. The summed E-state index contributed by atoms with van der Waals surface area (Å²) in [6.45, 7) is 4.42. The van der Waals surface area contributed by atoms with E-state index < -0.39 is 0 Å². The van der Waals surface area contributed by atoms with Crippen molar-refractivity contribution in [3.05, 3.63) is 29.8 Å². The van der Waals surface area contributed by atoms with Crippen LogP contribution in [0.4, 0.5) is 0 Å². The molecular formula is C24H34N2O3. The summed E-state index contributed by atoms with van der Waals surface area (Å²) in [5.74, 6) is 3.64. The number of methoxy groups -OCH3 is 1. The Balaban J connectivity index is 1.41. The number of ether oxygens (including phenoxy) is 2. The summed E-state index contributed by atoms with van der Waals surface area (Å²) in [6.07, 6.45) is 7.80. The lowest BCUT2D eigenvalue weighted by molar-refractivity contribution is -0.154. The Hall–Kier alpha value is -1.59. The molecule has 4 aliphatic carbocycles. The number of morpholine rings is 1. The van der Waals surface area contributed by atoms with Crippen molar-refractivity contribution < 1.29 is 14.3 Å². The van der Waals surface area contributed by atoms with E-state index in [4.69, 9.17) is 9.47 Å². The average Bonchev–Trinajstić information content (AvgIpc) is 2.72. The van der Waals surface area contributed by atoms with Gasteiger partial charge in [0, 0.05) is 25.2 Å². The van der Waals surface area contributed by atoms with Crippen LogP contribution in [0.25, 0.3) is 0 Å². The van der Waals surface area contributed by atoms with E-state index in [1.165, 1.54) is 44.1 Å². The van der Waals surface area contributed by atoms with E-state index >= 15 is 0 Å². The first-order chi connectivity index (χ1) is 14.1. The second-order valence-corrected chi connectivity index (χ2v) is 9.86. The Labute approximate surface area is 174 Å². The van der Waals surface area contributed by atoms with Crippen LogP contribution < -0.4 is 4.74 Å². The molecule has 1 heterocycles. The normalized spacial score (nSPS) is 33.6. The first-order valence-electron chi connectivity index (χ1n) is 11.4. The van der Waals surface area contributed by atoms with Crippen LogP contribution in [0.2, 0.25) is 0 Å². The molecule has 5 fully saturated rings. The fourth-order valence-electron chi connectivity index (χ4n) is 6.91. The maximum absolute atomic E-state index is 13.7. The van der Waals surface area contributed by atoms with Crippen molar-refractivity contribution in [2.45, 2.75) is 50.6 Å². The van der Waals surface area contributed by atoms with Gasteiger partial charge in [0.1, 0.15) is 5.75 Å². The second kappa shape index (κ2) is 7.92. The highest BCUT2D eigenvalue weighted by Crippen LogP contribution is 2.58. The molecule has 4 bridgehead atoms. The number of amides is 1. The maximum Gasteiger partial charge on any atom is 0.237 e. The predicted molar refractivity (Wildman–Crippen MR) is 112 cm³/mol. The summed E-state index contributed by atoms with van der Waals surface area (Å²) in [6, 6.07) is 8.25. The van der Waals surface area contributed by atoms with Crippen molar-refractivity contribution in [1.29, 1.82) is 0 Å². The van der Waals surface area contributed by atoms with E-state index in [0.29, 0.717) is 19.0 Å². The number of rotatable bonds is 6. The minimum Gasteiger partial charge on any atom is -0.497 e. The molecule has 6 rings (SSSR count). The monoisotopic (exact) mass is 398 g/mol. The van der Waals surface area contributed by atoms with Crippen molar-refractivity contribution in [2.75, 3.05) is 40.0 Å². The number of carbonyl (C=O) groups is 1. The van der Waals surface area contributed by atoms with Crippen LogP contribution in [0, 0.1) is 17.8 Å². The van der Waals surface area contributed by atoms with Gasteiger partial charge in [0.2, 0.25) is 5.91 Å². The third kappa shape index (κ3) is 3.91. The Morgan fingerprint density at radius 3 is 2.41 bits per heavy atom. The number of benzene rings is 1. The molecule has 0 spiro atoms. The Morgan fingerprint density at radius 2 is 1.79 bits per heavy atom. The molecule has 158 valence electrons. The average molecular weight is 399 g/mol. The third-order valence-electron chi connectivity index (χ3n) is 7.82. The molecule has 0 aromatic heterocycles. The molecule has 5 aliphatic rings. The van der Waals surface area contributed by atoms with Gasteiger partial charge < -0.3 is 14.4 Å². The lowest BCUT2D eigenvalue weighted by Gasteiger charge is -2.60. The zero-order valence-corrected chi connectivity index (χ0v) is 17.6. The van der Waals surface area contributed by atoms with Crippen LogP contribution in [0.5, 0.6) is 5.75 Å². The molecule has 4 saturated carbocycles. The van der Waals surface area contributed by atoms with Gasteiger partial charge in [-0.15, -0.1) is 0 Å². The predicted octanol–water partition coefficient (Wildman–Crippen LogP) is 3.32. The van der Waals surface area contributed by atoms with Gasteiger partial charge in [0.05, 0.1) is 26.9 Å². The Bertz CT molecular complexity index is 708. The minimum absolute atomic E-state index is 0.0706. The molecule has 1 aromatic rings. The molecule has 0 N–H and O–H groups in total. The molecular weight excluding hydrogens is 364 g/mol. The van der Waals surface area contributed by atoms with Gasteiger partial charge in [-0.2, -0.15) is 0 Å². The van der Waals surface area contributed by atoms with Gasteiger partial charge in [-0.05, 0) is 74.0 Å². The lowest BCUT2D eigenvalue weighted by atomic mass is 9.52. The fraction of sp³-hybridized carbons (Fsp3) is 0.708. The van der Waals surface area contributed by atoms with Crippen LogP contribution >= 0.6 is 0 Å². The Morgan fingerprint density at radius 1 is 1.14 bits per heavy atom. The highest BCUT2D eigenvalue weighted by molar-refractivity contribution is 5.79. The van der Waals surface area contributed by atoms with Gasteiger partial charge in [-0.25, -0.2) is 0 Å². The number of nitrogens with zero attached hydrogens (tertiary/aromatic N) is 2. The van der Waals surface area contributed by atoms with E-state index in [2.05, 4.69) is 21.9 Å². The van der Waals surface area contributed by atoms with Crippen LogP contribution in [0.1, 0.15) is 44.1 Å². The van der Waals surface area contributed by atoms with E-state index in [-0.39, 0.29) is 5.54 Å². The van der Waals surface area contributed by atoms with Crippen LogP contribution in [-0.2, 0) is 16.1 Å². The molecule has 1 aliphatic heterocycles. The number of carbonyl (C=O) groups excluding carboxylic acids is 1. The summed E-state index contributed by atoms with van der Waals surface area (Å²) >= 11 is 0. The maximum atomic E-state index is 13.7. The first-order valence-corrected chi connectivity index (χ1v) is 11.4. The van der Waals surface area contributed by atoms with Crippen molar-refractivity contribution in [3.63, 3.8) is 0 Å². The zero-order chi connectivity index (χ0) is 19.8. The Kier molecular flexibility index (Phi) is 5.29. The first kappa shape index (κ1) is 19.4. The van der Waals surface area contributed by atoms with E-state index in [1.54, 1.807) is 7.11 Å². The van der Waals surface area contributed by atoms with Crippen molar-refractivity contribution in [2.24, 2.45) is 17.8 Å². The second-order valence-electron chi connectivity index (χ2n) is 9.86. The molecule has 29 heavy (non-hydrogen) atoms. The van der Waals surface area contributed by atoms with Crippen LogP contribution in [0.3, 0.4) is 0 Å². The van der Waals surface area contributed by atoms with Gasteiger partial charge in [-0.3, -0.25) is 9.69 Å². The number of hydrogen-bond acceptors (Lipinski definition) is 4. The fourth-order valence-corrected chi connectivity index (χ4v) is 6.91.